The SMILES string of the molecule is CC(C)C[C@H](NC(=O)C1(Cc2ccccc2)CC(CNC(=O)c2c[nH]c3ccccc23)=NO1)B(O)O. The number of carbonyl (C=O) groups is 2. The number of hydrogen-bond acceptors (Lipinski definition) is 6. The molecule has 0 fully saturated rings. The molecule has 10 heteroatoms. The van der Waals surface area contributed by atoms with Gasteiger partial charge in [0.25, 0.3) is 11.8 Å². The summed E-state index contributed by atoms with van der Waals surface area (Å²) in [6.07, 6.45) is 2.44. The highest BCUT2D eigenvalue weighted by atomic mass is 16.7. The van der Waals surface area contributed by atoms with Crippen molar-refractivity contribution in [2.45, 2.75) is 44.7 Å². The molecule has 5 N–H and O–H groups in total. The summed E-state index contributed by atoms with van der Waals surface area (Å²) < 4.78 is 0. The number of fused-ring (bicyclic) bond motifs is 1. The quantitative estimate of drug-likeness (QED) is 0.278. The first-order chi connectivity index (χ1) is 17.3. The number of carbonyl (C=O) groups excluding carboxylic acids is 2. The van der Waals surface area contributed by atoms with Crippen LogP contribution >= 0.6 is 0 Å². The summed E-state index contributed by atoms with van der Waals surface area (Å²) in [5, 5.41) is 30.2. The monoisotopic (exact) mass is 490 g/mol. The Morgan fingerprint density at radius 3 is 2.58 bits per heavy atom. The van der Waals surface area contributed by atoms with Crippen LogP contribution in [0.3, 0.4) is 0 Å². The maximum atomic E-state index is 13.5. The van der Waals surface area contributed by atoms with E-state index in [0.717, 1.165) is 16.5 Å². The molecule has 3 aromatic rings. The zero-order valence-electron chi connectivity index (χ0n) is 20.4. The number of nitrogens with zero attached hydrogens (tertiary/aromatic N) is 1. The highest BCUT2D eigenvalue weighted by molar-refractivity contribution is 6.43. The molecule has 188 valence electrons. The first-order valence-electron chi connectivity index (χ1n) is 12.1. The van der Waals surface area contributed by atoms with E-state index in [-0.39, 0.29) is 31.2 Å². The van der Waals surface area contributed by atoms with Crippen LogP contribution in [0, 0.1) is 5.92 Å². The molecule has 2 heterocycles. The number of para-hydroxylation sites is 1. The summed E-state index contributed by atoms with van der Waals surface area (Å²) in [6, 6.07) is 16.9. The van der Waals surface area contributed by atoms with Crippen LogP contribution in [0.5, 0.6) is 0 Å². The van der Waals surface area contributed by atoms with Gasteiger partial charge in [-0.15, -0.1) is 0 Å². The maximum Gasteiger partial charge on any atom is 0.475 e. The minimum atomic E-state index is -1.71. The van der Waals surface area contributed by atoms with Crippen LogP contribution in [0.25, 0.3) is 10.9 Å². The Hall–Kier alpha value is -3.63. The van der Waals surface area contributed by atoms with Gasteiger partial charge in [-0.2, -0.15) is 0 Å². The third kappa shape index (κ3) is 5.77. The normalized spacial score (nSPS) is 18.0. The van der Waals surface area contributed by atoms with Crippen LogP contribution in [0.1, 0.15) is 42.6 Å². The van der Waals surface area contributed by atoms with Crippen molar-refractivity contribution in [3.05, 3.63) is 71.9 Å². The molecule has 0 spiro atoms. The van der Waals surface area contributed by atoms with Gasteiger partial charge in [0.2, 0.25) is 5.60 Å². The van der Waals surface area contributed by atoms with Crippen molar-refractivity contribution in [2.24, 2.45) is 11.1 Å². The number of hydrogen-bond donors (Lipinski definition) is 5. The standard InChI is InChI=1S/C26H31BN4O5/c1-17(2)12-23(27(34)35)30-25(33)26(13-18-8-4-3-5-9-18)14-19(31-36-26)15-29-24(32)21-16-28-22-11-7-6-10-20(21)22/h3-11,16-17,23,28,34-35H,12-15H2,1-2H3,(H,29,32)(H,30,33)/t23-,26?/m0/s1. The molecule has 2 atom stereocenters. The van der Waals surface area contributed by atoms with Crippen molar-refractivity contribution in [1.29, 1.82) is 0 Å². The summed E-state index contributed by atoms with van der Waals surface area (Å²) in [4.78, 5) is 35.1. The summed E-state index contributed by atoms with van der Waals surface area (Å²) in [7, 11) is -1.71. The van der Waals surface area contributed by atoms with Crippen LogP contribution in [0.15, 0.2) is 65.9 Å². The van der Waals surface area contributed by atoms with E-state index in [0.29, 0.717) is 17.7 Å². The third-order valence-electron chi connectivity index (χ3n) is 6.27. The Morgan fingerprint density at radius 2 is 1.86 bits per heavy atom. The lowest BCUT2D eigenvalue weighted by Crippen LogP contribution is -2.56. The van der Waals surface area contributed by atoms with Crippen LogP contribution in [0.4, 0.5) is 0 Å². The Bertz CT molecular complexity index is 1240. The molecular formula is C26H31BN4O5. The number of amides is 2. The average molecular weight is 490 g/mol. The summed E-state index contributed by atoms with van der Waals surface area (Å²) in [5.74, 6) is -1.45. The largest absolute Gasteiger partial charge is 0.475 e. The summed E-state index contributed by atoms with van der Waals surface area (Å²) in [5.41, 5.74) is 1.40. The smallest absolute Gasteiger partial charge is 0.426 e. The fourth-order valence-corrected chi connectivity index (χ4v) is 4.46. The molecule has 2 amide bonds. The van der Waals surface area contributed by atoms with Gasteiger partial charge in [-0.25, -0.2) is 0 Å². The van der Waals surface area contributed by atoms with Gasteiger partial charge in [0, 0.05) is 29.9 Å². The first-order valence-corrected chi connectivity index (χ1v) is 12.1. The topological polar surface area (TPSA) is 136 Å². The van der Waals surface area contributed by atoms with Gasteiger partial charge < -0.3 is 30.5 Å². The zero-order valence-corrected chi connectivity index (χ0v) is 20.4. The molecule has 1 unspecified atom stereocenters. The number of aromatic nitrogens is 1. The molecule has 1 aromatic heterocycles. The molecule has 0 saturated heterocycles. The van der Waals surface area contributed by atoms with E-state index < -0.39 is 24.6 Å². The predicted molar refractivity (Wildman–Crippen MR) is 138 cm³/mol. The molecule has 4 rings (SSSR count). The Balaban J connectivity index is 1.47. The minimum absolute atomic E-state index is 0.111. The summed E-state index contributed by atoms with van der Waals surface area (Å²) >= 11 is 0. The van der Waals surface area contributed by atoms with E-state index in [1.807, 2.05) is 68.4 Å². The first kappa shape index (κ1) is 25.5. The number of H-pyrrole nitrogens is 1. The minimum Gasteiger partial charge on any atom is -0.426 e. The van der Waals surface area contributed by atoms with Gasteiger partial charge in [0.1, 0.15) is 0 Å². The Kier molecular flexibility index (Phi) is 7.76. The fourth-order valence-electron chi connectivity index (χ4n) is 4.46. The maximum absolute atomic E-state index is 13.5. The molecule has 1 aliphatic heterocycles. The average Bonchev–Trinajstić information content (AvgIpc) is 3.47. The van der Waals surface area contributed by atoms with Crippen LogP contribution < -0.4 is 10.6 Å². The molecule has 0 bridgehead atoms. The number of rotatable bonds is 10. The number of nitrogens with one attached hydrogen (secondary N) is 3. The number of oxime groups is 1. The lowest BCUT2D eigenvalue weighted by Gasteiger charge is -2.29. The molecule has 36 heavy (non-hydrogen) atoms. The zero-order chi connectivity index (χ0) is 25.7. The van der Waals surface area contributed by atoms with E-state index in [2.05, 4.69) is 20.8 Å². The van der Waals surface area contributed by atoms with E-state index in [1.54, 1.807) is 6.20 Å². The lowest BCUT2D eigenvalue weighted by molar-refractivity contribution is -0.144. The predicted octanol–water partition coefficient (Wildman–Crippen LogP) is 2.20. The van der Waals surface area contributed by atoms with Gasteiger partial charge in [0.15, 0.2) is 0 Å². The molecule has 2 aromatic carbocycles. The second-order valence-corrected chi connectivity index (χ2v) is 9.64. The molecule has 9 nitrogen and oxygen atoms in total. The Morgan fingerprint density at radius 1 is 1.14 bits per heavy atom. The molecule has 0 aliphatic carbocycles. The van der Waals surface area contributed by atoms with Crippen LogP contribution in [0.2, 0.25) is 0 Å². The summed E-state index contributed by atoms with van der Waals surface area (Å²) in [6.45, 7) is 3.98. The molecular weight excluding hydrogens is 459 g/mol. The van der Waals surface area contributed by atoms with Gasteiger partial charge in [-0.3, -0.25) is 9.59 Å². The van der Waals surface area contributed by atoms with Gasteiger partial charge in [-0.05, 0) is 24.0 Å². The van der Waals surface area contributed by atoms with E-state index in [1.165, 1.54) is 0 Å². The number of aromatic amines is 1. The van der Waals surface area contributed by atoms with E-state index >= 15 is 0 Å². The van der Waals surface area contributed by atoms with Crippen molar-refractivity contribution in [2.75, 3.05) is 6.54 Å². The van der Waals surface area contributed by atoms with Crippen molar-refractivity contribution in [3.8, 4) is 0 Å². The van der Waals surface area contributed by atoms with Crippen molar-refractivity contribution < 1.29 is 24.5 Å². The van der Waals surface area contributed by atoms with Crippen LogP contribution in [-0.4, -0.2) is 57.8 Å². The second-order valence-electron chi connectivity index (χ2n) is 9.64. The van der Waals surface area contributed by atoms with Crippen molar-refractivity contribution in [1.82, 2.24) is 15.6 Å². The second kappa shape index (κ2) is 11.0. The van der Waals surface area contributed by atoms with E-state index in [9.17, 15) is 19.6 Å². The van der Waals surface area contributed by atoms with Gasteiger partial charge in [-0.1, -0.05) is 67.5 Å². The van der Waals surface area contributed by atoms with Gasteiger partial charge >= 0.3 is 7.12 Å². The Labute approximate surface area is 210 Å². The third-order valence-corrected chi connectivity index (χ3v) is 6.27. The van der Waals surface area contributed by atoms with E-state index in [4.69, 9.17) is 4.84 Å². The number of benzene rings is 2. The van der Waals surface area contributed by atoms with Gasteiger partial charge in [0.05, 0.1) is 23.8 Å². The molecule has 0 saturated carbocycles. The highest BCUT2D eigenvalue weighted by Crippen LogP contribution is 2.29. The van der Waals surface area contributed by atoms with Crippen molar-refractivity contribution in [3.63, 3.8) is 0 Å². The highest BCUT2D eigenvalue weighted by Gasteiger charge is 2.48. The molecule has 0 radical (unpaired) electrons. The lowest BCUT2D eigenvalue weighted by atomic mass is 9.74. The fraction of sp³-hybridized carbons (Fsp3) is 0.346. The molecule has 1 aliphatic rings. The van der Waals surface area contributed by atoms with Crippen molar-refractivity contribution >= 4 is 35.5 Å². The van der Waals surface area contributed by atoms with Crippen LogP contribution in [-0.2, 0) is 16.1 Å².